The van der Waals surface area contributed by atoms with Gasteiger partial charge in [-0.25, -0.2) is 0 Å². The highest BCUT2D eigenvalue weighted by atomic mass is 79.9. The molecule has 1 aliphatic rings. The first-order valence-corrected chi connectivity index (χ1v) is 8.96. The maximum Gasteiger partial charge on any atom is 0.0426 e. The molecule has 0 bridgehead atoms. The number of unbranched alkanes of at least 4 members (excludes halogenated alkanes) is 5. The minimum atomic E-state index is 0.591. The van der Waals surface area contributed by atoms with Crippen molar-refractivity contribution in [2.45, 2.75) is 69.5 Å². The van der Waals surface area contributed by atoms with Crippen molar-refractivity contribution in [2.75, 3.05) is 0 Å². The zero-order chi connectivity index (χ0) is 13.5. The summed E-state index contributed by atoms with van der Waals surface area (Å²) < 4.78 is 0. The molecule has 0 aliphatic heterocycles. The number of benzene rings is 1. The van der Waals surface area contributed by atoms with Gasteiger partial charge < -0.3 is 0 Å². The molecule has 2 unspecified atom stereocenters. The van der Waals surface area contributed by atoms with Crippen molar-refractivity contribution in [3.63, 3.8) is 0 Å². The van der Waals surface area contributed by atoms with Crippen LogP contribution in [0.15, 0.2) is 24.3 Å². The molecule has 0 spiro atoms. The predicted molar refractivity (Wildman–Crippen MR) is 87.9 cm³/mol. The summed E-state index contributed by atoms with van der Waals surface area (Å²) >= 11 is 3.95. The largest absolute Gasteiger partial charge is 0.0836 e. The minimum Gasteiger partial charge on any atom is -0.0836 e. The lowest BCUT2D eigenvalue weighted by molar-refractivity contribution is 0.401. The molecule has 2 rings (SSSR count). The molecule has 1 aliphatic carbocycles. The molecular weight excluding hydrogens is 296 g/mol. The molecule has 0 saturated heterocycles. The van der Waals surface area contributed by atoms with Crippen LogP contribution in [0.1, 0.15) is 74.2 Å². The third kappa shape index (κ3) is 4.34. The molecule has 1 aromatic rings. The molecule has 106 valence electrons. The Balaban J connectivity index is 1.74. The summed E-state index contributed by atoms with van der Waals surface area (Å²) in [6.07, 6.45) is 12.5. The highest BCUT2D eigenvalue weighted by Crippen LogP contribution is 2.42. The van der Waals surface area contributed by atoms with Crippen LogP contribution in [-0.2, 0) is 6.42 Å². The van der Waals surface area contributed by atoms with Crippen molar-refractivity contribution < 1.29 is 0 Å². The zero-order valence-electron chi connectivity index (χ0n) is 12.2. The Morgan fingerprint density at radius 1 is 1.05 bits per heavy atom. The van der Waals surface area contributed by atoms with Gasteiger partial charge in [0.05, 0.1) is 0 Å². The highest BCUT2D eigenvalue weighted by molar-refractivity contribution is 9.09. The number of alkyl halides is 1. The second kappa shape index (κ2) is 8.09. The monoisotopic (exact) mass is 322 g/mol. The van der Waals surface area contributed by atoms with E-state index in [9.17, 15) is 0 Å². The molecule has 2 atom stereocenters. The van der Waals surface area contributed by atoms with Crippen molar-refractivity contribution >= 4 is 15.9 Å². The van der Waals surface area contributed by atoms with Gasteiger partial charge in [0.1, 0.15) is 0 Å². The van der Waals surface area contributed by atoms with E-state index >= 15 is 0 Å². The van der Waals surface area contributed by atoms with Crippen molar-refractivity contribution in [3.05, 3.63) is 35.4 Å². The fourth-order valence-electron chi connectivity index (χ4n) is 3.25. The van der Waals surface area contributed by atoms with Crippen molar-refractivity contribution in [1.82, 2.24) is 0 Å². The van der Waals surface area contributed by atoms with Gasteiger partial charge in [-0.2, -0.15) is 0 Å². The van der Waals surface area contributed by atoms with Crippen molar-refractivity contribution in [1.29, 1.82) is 0 Å². The number of hydrogen-bond acceptors (Lipinski definition) is 0. The number of rotatable bonds is 7. The average Bonchev–Trinajstić information content (AvgIpc) is 2.45. The van der Waals surface area contributed by atoms with E-state index < -0.39 is 0 Å². The molecule has 0 amide bonds. The standard InChI is InChI=1S/C18H27Br/c1-2-3-4-5-6-7-11-16-14-13-15-10-8-9-12-17(15)18(16)19/h8-10,12,16,18H,2-7,11,13-14H2,1H3. The summed E-state index contributed by atoms with van der Waals surface area (Å²) in [7, 11) is 0. The van der Waals surface area contributed by atoms with Crippen LogP contribution in [0.25, 0.3) is 0 Å². The molecule has 0 heterocycles. The molecule has 0 saturated carbocycles. The van der Waals surface area contributed by atoms with Gasteiger partial charge in [-0.15, -0.1) is 0 Å². The van der Waals surface area contributed by atoms with E-state index in [1.807, 2.05) is 0 Å². The predicted octanol–water partition coefficient (Wildman–Crippen LogP) is 6.44. The van der Waals surface area contributed by atoms with Crippen molar-refractivity contribution in [2.24, 2.45) is 5.92 Å². The first kappa shape index (κ1) is 15.1. The Morgan fingerprint density at radius 3 is 2.63 bits per heavy atom. The van der Waals surface area contributed by atoms with Crippen molar-refractivity contribution in [3.8, 4) is 0 Å². The number of halogens is 1. The summed E-state index contributed by atoms with van der Waals surface area (Å²) in [6.45, 7) is 2.29. The van der Waals surface area contributed by atoms with Crippen LogP contribution in [0.4, 0.5) is 0 Å². The van der Waals surface area contributed by atoms with E-state index in [0.29, 0.717) is 4.83 Å². The van der Waals surface area contributed by atoms with Crippen LogP contribution in [0.5, 0.6) is 0 Å². The van der Waals surface area contributed by atoms with Crippen LogP contribution < -0.4 is 0 Å². The Labute approximate surface area is 127 Å². The highest BCUT2D eigenvalue weighted by Gasteiger charge is 2.26. The zero-order valence-corrected chi connectivity index (χ0v) is 13.8. The first-order valence-electron chi connectivity index (χ1n) is 8.04. The van der Waals surface area contributed by atoms with Crippen LogP contribution in [0, 0.1) is 5.92 Å². The Morgan fingerprint density at radius 2 is 1.79 bits per heavy atom. The summed E-state index contributed by atoms with van der Waals surface area (Å²) in [5.74, 6) is 0.848. The third-order valence-electron chi connectivity index (χ3n) is 4.48. The quantitative estimate of drug-likeness (QED) is 0.400. The van der Waals surface area contributed by atoms with E-state index in [1.165, 1.54) is 57.8 Å². The van der Waals surface area contributed by atoms with Gasteiger partial charge in [0.15, 0.2) is 0 Å². The number of fused-ring (bicyclic) bond motifs is 1. The summed E-state index contributed by atoms with van der Waals surface area (Å²) in [5.41, 5.74) is 3.10. The summed E-state index contributed by atoms with van der Waals surface area (Å²) in [6, 6.07) is 8.96. The normalized spacial score (nSPS) is 22.2. The smallest absolute Gasteiger partial charge is 0.0426 e. The molecule has 1 aromatic carbocycles. The lowest BCUT2D eigenvalue weighted by Gasteiger charge is -2.30. The minimum absolute atomic E-state index is 0.591. The SMILES string of the molecule is CCCCCCCCC1CCc2ccccc2C1Br. The van der Waals surface area contributed by atoms with Gasteiger partial charge in [-0.05, 0) is 36.3 Å². The van der Waals surface area contributed by atoms with Crippen LogP contribution in [0.2, 0.25) is 0 Å². The van der Waals surface area contributed by atoms with E-state index in [2.05, 4.69) is 47.1 Å². The van der Waals surface area contributed by atoms with Gasteiger partial charge in [0, 0.05) is 4.83 Å². The molecule has 1 heteroatoms. The van der Waals surface area contributed by atoms with Crippen LogP contribution in [-0.4, -0.2) is 0 Å². The van der Waals surface area contributed by atoms with E-state index in [0.717, 1.165) is 5.92 Å². The molecule has 19 heavy (non-hydrogen) atoms. The lowest BCUT2D eigenvalue weighted by atomic mass is 9.81. The maximum absolute atomic E-state index is 3.95. The fraction of sp³-hybridized carbons (Fsp3) is 0.667. The van der Waals surface area contributed by atoms with Crippen LogP contribution in [0.3, 0.4) is 0 Å². The van der Waals surface area contributed by atoms with Crippen LogP contribution >= 0.6 is 15.9 Å². The van der Waals surface area contributed by atoms with Gasteiger partial charge in [0.2, 0.25) is 0 Å². The molecule has 0 nitrogen and oxygen atoms in total. The molecule has 0 fully saturated rings. The average molecular weight is 323 g/mol. The summed E-state index contributed by atoms with van der Waals surface area (Å²) in [5, 5.41) is 0. The van der Waals surface area contributed by atoms with E-state index in [-0.39, 0.29) is 0 Å². The van der Waals surface area contributed by atoms with Gasteiger partial charge in [-0.1, -0.05) is 85.6 Å². The molecular formula is C18H27Br. The van der Waals surface area contributed by atoms with Gasteiger partial charge in [-0.3, -0.25) is 0 Å². The van der Waals surface area contributed by atoms with E-state index in [4.69, 9.17) is 0 Å². The van der Waals surface area contributed by atoms with Gasteiger partial charge >= 0.3 is 0 Å². The summed E-state index contributed by atoms with van der Waals surface area (Å²) in [4.78, 5) is 0.591. The molecule has 0 radical (unpaired) electrons. The lowest BCUT2D eigenvalue weighted by Crippen LogP contribution is -2.16. The number of hydrogen-bond donors (Lipinski definition) is 0. The van der Waals surface area contributed by atoms with Gasteiger partial charge in [0.25, 0.3) is 0 Å². The second-order valence-electron chi connectivity index (χ2n) is 5.96. The second-order valence-corrected chi connectivity index (χ2v) is 6.94. The molecule has 0 aromatic heterocycles. The third-order valence-corrected chi connectivity index (χ3v) is 5.72. The Hall–Kier alpha value is -0.300. The Kier molecular flexibility index (Phi) is 6.43. The number of aryl methyl sites for hydroxylation is 1. The maximum atomic E-state index is 3.95. The first-order chi connectivity index (χ1) is 9.33. The molecule has 0 N–H and O–H groups in total. The topological polar surface area (TPSA) is 0 Å². The van der Waals surface area contributed by atoms with E-state index in [1.54, 1.807) is 11.1 Å². The Bertz CT molecular complexity index is 372. The fourth-order valence-corrected chi connectivity index (χ4v) is 4.22.